The molecule has 3 N–H and O–H groups in total. The van der Waals surface area contributed by atoms with Crippen molar-refractivity contribution in [3.05, 3.63) is 0 Å². The fraction of sp³-hybridized carbons (Fsp3) is 0.824. The minimum absolute atomic E-state index is 0.0222. The van der Waals surface area contributed by atoms with Crippen LogP contribution in [0.15, 0.2) is 0 Å². The number of carbonyl (C=O) groups is 6. The first-order chi connectivity index (χ1) is 21.2. The molecule has 0 unspecified atom stereocenters. The number of nitrogens with zero attached hydrogens (tertiary/aromatic N) is 1. The van der Waals surface area contributed by atoms with Crippen LogP contribution in [-0.2, 0) is 38.2 Å². The Bertz CT molecular complexity index is 1070. The Morgan fingerprint density at radius 1 is 0.609 bits per heavy atom. The molecule has 1 aliphatic rings. The van der Waals surface area contributed by atoms with E-state index in [0.29, 0.717) is 6.42 Å². The molecule has 1 fully saturated rings. The second-order valence-corrected chi connectivity index (χ2v) is 14.6. The van der Waals surface area contributed by atoms with Gasteiger partial charge in [-0.1, -0.05) is 89.5 Å². The second kappa shape index (κ2) is 18.2. The standard InChI is InChI=1S/C34H60N4O8/c1-14-22(12)26-29(39)35-23(15-17(2)3)33(43)45-27(20(8)9)30(40)36-25(19(6)7)32(42)38(13)24(16-18(4)5)34(44)46-28(21(10)11)31(41)37-26/h17-28H,14-16H2,1-13H3,(H,35,39)(H,36,40)(H,37,41)/t22-,23+,24-,25-,26+,27-,28+/m0/s1. The Hall–Kier alpha value is -3.18. The van der Waals surface area contributed by atoms with Crippen LogP contribution in [0.1, 0.15) is 102 Å². The average Bonchev–Trinajstić information content (AvgIpc) is 2.95. The van der Waals surface area contributed by atoms with Crippen molar-refractivity contribution >= 4 is 35.6 Å². The molecule has 0 saturated carbocycles. The third-order valence-electron chi connectivity index (χ3n) is 8.33. The van der Waals surface area contributed by atoms with Gasteiger partial charge in [-0.05, 0) is 48.3 Å². The van der Waals surface area contributed by atoms with Crippen molar-refractivity contribution < 1.29 is 38.2 Å². The maximum Gasteiger partial charge on any atom is 0.329 e. The molecule has 1 saturated heterocycles. The van der Waals surface area contributed by atoms with Gasteiger partial charge in [-0.3, -0.25) is 19.2 Å². The van der Waals surface area contributed by atoms with E-state index in [1.807, 2.05) is 34.6 Å². The zero-order valence-electron chi connectivity index (χ0n) is 30.3. The molecule has 7 atom stereocenters. The number of nitrogens with one attached hydrogen (secondary N) is 3. The van der Waals surface area contributed by atoms with E-state index in [2.05, 4.69) is 16.0 Å². The maximum absolute atomic E-state index is 13.9. The number of hydrogen-bond acceptors (Lipinski definition) is 8. The Morgan fingerprint density at radius 3 is 1.48 bits per heavy atom. The molecule has 12 nitrogen and oxygen atoms in total. The van der Waals surface area contributed by atoms with Crippen LogP contribution in [0.25, 0.3) is 0 Å². The third kappa shape index (κ3) is 11.6. The van der Waals surface area contributed by atoms with Crippen LogP contribution in [0.3, 0.4) is 0 Å². The molecule has 0 radical (unpaired) electrons. The Labute approximate surface area is 275 Å². The first-order valence-corrected chi connectivity index (χ1v) is 16.8. The molecule has 1 aliphatic heterocycles. The van der Waals surface area contributed by atoms with Gasteiger partial charge in [0, 0.05) is 7.05 Å². The molecule has 0 aromatic heterocycles. The van der Waals surface area contributed by atoms with Gasteiger partial charge in [0.25, 0.3) is 11.8 Å². The molecule has 1 rings (SSSR count). The summed E-state index contributed by atoms with van der Waals surface area (Å²) in [5.41, 5.74) is 0. The van der Waals surface area contributed by atoms with E-state index < -0.39 is 83.8 Å². The lowest BCUT2D eigenvalue weighted by atomic mass is 9.95. The fourth-order valence-corrected chi connectivity index (χ4v) is 5.26. The minimum atomic E-state index is -1.26. The minimum Gasteiger partial charge on any atom is -0.450 e. The van der Waals surface area contributed by atoms with Crippen molar-refractivity contribution in [2.24, 2.45) is 35.5 Å². The van der Waals surface area contributed by atoms with Crippen LogP contribution < -0.4 is 16.0 Å². The predicted octanol–water partition coefficient (Wildman–Crippen LogP) is 3.21. The summed E-state index contributed by atoms with van der Waals surface area (Å²) in [6.45, 7) is 21.6. The highest BCUT2D eigenvalue weighted by Crippen LogP contribution is 2.21. The van der Waals surface area contributed by atoms with E-state index in [-0.39, 0.29) is 36.5 Å². The number of hydrogen-bond donors (Lipinski definition) is 3. The lowest BCUT2D eigenvalue weighted by Crippen LogP contribution is -2.59. The predicted molar refractivity (Wildman–Crippen MR) is 175 cm³/mol. The summed E-state index contributed by atoms with van der Waals surface area (Å²) in [5.74, 6) is -5.68. The lowest BCUT2D eigenvalue weighted by molar-refractivity contribution is -0.167. The smallest absolute Gasteiger partial charge is 0.329 e. The van der Waals surface area contributed by atoms with Crippen LogP contribution in [0.5, 0.6) is 0 Å². The highest BCUT2D eigenvalue weighted by molar-refractivity contribution is 5.95. The van der Waals surface area contributed by atoms with E-state index in [9.17, 15) is 28.8 Å². The van der Waals surface area contributed by atoms with Crippen molar-refractivity contribution in [2.75, 3.05) is 7.05 Å². The number of rotatable bonds is 9. The van der Waals surface area contributed by atoms with Crippen LogP contribution in [0.2, 0.25) is 0 Å². The molecule has 1 heterocycles. The summed E-state index contributed by atoms with van der Waals surface area (Å²) in [4.78, 5) is 83.5. The fourth-order valence-electron chi connectivity index (χ4n) is 5.26. The van der Waals surface area contributed by atoms with Gasteiger partial charge in [0.1, 0.15) is 24.2 Å². The van der Waals surface area contributed by atoms with Crippen LogP contribution in [0, 0.1) is 35.5 Å². The molecule has 12 heteroatoms. The van der Waals surface area contributed by atoms with E-state index >= 15 is 0 Å². The zero-order valence-corrected chi connectivity index (χ0v) is 30.3. The summed E-state index contributed by atoms with van der Waals surface area (Å²) < 4.78 is 11.6. The summed E-state index contributed by atoms with van der Waals surface area (Å²) in [5, 5.41) is 8.28. The summed E-state index contributed by atoms with van der Waals surface area (Å²) in [6.07, 6.45) is -1.52. The number of cyclic esters (lactones) is 2. The molecule has 4 amide bonds. The molecule has 0 aromatic rings. The van der Waals surface area contributed by atoms with Gasteiger partial charge in [0.2, 0.25) is 11.8 Å². The molecule has 0 spiro atoms. The average molecular weight is 653 g/mol. The van der Waals surface area contributed by atoms with E-state index in [4.69, 9.17) is 9.47 Å². The van der Waals surface area contributed by atoms with Gasteiger partial charge < -0.3 is 30.3 Å². The summed E-state index contributed by atoms with van der Waals surface area (Å²) in [6, 6.07) is -4.26. The Morgan fingerprint density at radius 2 is 1.07 bits per heavy atom. The van der Waals surface area contributed by atoms with Gasteiger partial charge in [-0.15, -0.1) is 0 Å². The van der Waals surface area contributed by atoms with Crippen molar-refractivity contribution in [1.29, 1.82) is 0 Å². The van der Waals surface area contributed by atoms with Gasteiger partial charge >= 0.3 is 11.9 Å². The van der Waals surface area contributed by atoms with Crippen molar-refractivity contribution in [3.63, 3.8) is 0 Å². The zero-order chi connectivity index (χ0) is 35.6. The number of carbonyl (C=O) groups excluding carboxylic acids is 6. The third-order valence-corrected chi connectivity index (χ3v) is 8.33. The largest absolute Gasteiger partial charge is 0.450 e. The second-order valence-electron chi connectivity index (χ2n) is 14.6. The highest BCUT2D eigenvalue weighted by Gasteiger charge is 2.41. The quantitative estimate of drug-likeness (QED) is 0.320. The maximum atomic E-state index is 13.9. The van der Waals surface area contributed by atoms with Crippen LogP contribution in [0.4, 0.5) is 0 Å². The number of ether oxygens (including phenoxy) is 2. The van der Waals surface area contributed by atoms with Gasteiger partial charge in [-0.2, -0.15) is 0 Å². The van der Waals surface area contributed by atoms with Crippen molar-refractivity contribution in [2.45, 2.75) is 139 Å². The van der Waals surface area contributed by atoms with Crippen LogP contribution in [-0.4, -0.2) is 83.9 Å². The van der Waals surface area contributed by atoms with Crippen molar-refractivity contribution in [3.8, 4) is 0 Å². The number of likely N-dealkylation sites (N-methyl/N-ethyl adjacent to an activating group) is 1. The number of amides is 4. The van der Waals surface area contributed by atoms with Gasteiger partial charge in [0.05, 0.1) is 0 Å². The molecule has 46 heavy (non-hydrogen) atoms. The molecule has 0 aliphatic carbocycles. The van der Waals surface area contributed by atoms with Crippen molar-refractivity contribution in [1.82, 2.24) is 20.9 Å². The first-order valence-electron chi connectivity index (χ1n) is 16.8. The monoisotopic (exact) mass is 652 g/mol. The molecule has 264 valence electrons. The summed E-state index contributed by atoms with van der Waals surface area (Å²) >= 11 is 0. The lowest BCUT2D eigenvalue weighted by Gasteiger charge is -2.35. The first kappa shape index (κ1) is 40.8. The van der Waals surface area contributed by atoms with Crippen LogP contribution >= 0.6 is 0 Å². The highest BCUT2D eigenvalue weighted by atomic mass is 16.6. The SMILES string of the molecule is CC[C@H](C)[C@H]1NC(=O)[C@@H](C(C)C)OC(=O)[C@H](CC(C)C)N(C)C(=O)[C@H](C(C)C)NC(=O)[C@H](C(C)C)OC(=O)[C@@H](CC(C)C)NC1=O. The van der Waals surface area contributed by atoms with E-state index in [0.717, 1.165) is 0 Å². The van der Waals surface area contributed by atoms with E-state index in [1.165, 1.54) is 11.9 Å². The summed E-state index contributed by atoms with van der Waals surface area (Å²) in [7, 11) is 1.47. The Kier molecular flexibility index (Phi) is 16.2. The molecule has 0 bridgehead atoms. The van der Waals surface area contributed by atoms with E-state index in [1.54, 1.807) is 48.5 Å². The molecular formula is C34H60N4O8. The molecular weight excluding hydrogens is 592 g/mol. The number of esters is 2. The molecule has 0 aromatic carbocycles. The normalized spacial score (nSPS) is 27.3. The van der Waals surface area contributed by atoms with Gasteiger partial charge in [0.15, 0.2) is 12.2 Å². The topological polar surface area (TPSA) is 160 Å². The Balaban J connectivity index is 3.83. The van der Waals surface area contributed by atoms with Gasteiger partial charge in [-0.25, -0.2) is 9.59 Å².